The van der Waals surface area contributed by atoms with Crippen molar-refractivity contribution in [2.24, 2.45) is 5.92 Å². The Bertz CT molecular complexity index is 412. The number of aromatic nitrogens is 3. The molecule has 1 atom stereocenters. The van der Waals surface area contributed by atoms with Gasteiger partial charge in [0.15, 0.2) is 0 Å². The number of hydrogen-bond acceptors (Lipinski definition) is 7. The summed E-state index contributed by atoms with van der Waals surface area (Å²) in [6.45, 7) is 8.67. The lowest BCUT2D eigenvalue weighted by Gasteiger charge is -2.21. The van der Waals surface area contributed by atoms with Gasteiger partial charge < -0.3 is 20.1 Å². The normalized spacial score (nSPS) is 12.6. The van der Waals surface area contributed by atoms with Gasteiger partial charge in [-0.2, -0.15) is 15.0 Å². The zero-order valence-corrected chi connectivity index (χ0v) is 13.1. The van der Waals surface area contributed by atoms with Crippen molar-refractivity contribution in [3.8, 4) is 6.01 Å². The first kappa shape index (κ1) is 16.4. The van der Waals surface area contributed by atoms with Gasteiger partial charge in [-0.3, -0.25) is 0 Å². The van der Waals surface area contributed by atoms with Crippen molar-refractivity contribution in [3.05, 3.63) is 0 Å². The molecule has 0 fully saturated rings. The van der Waals surface area contributed by atoms with Crippen LogP contribution in [0.4, 0.5) is 11.9 Å². The van der Waals surface area contributed by atoms with Crippen molar-refractivity contribution in [2.75, 3.05) is 31.4 Å². The van der Waals surface area contributed by atoms with Crippen LogP contribution in [-0.4, -0.2) is 47.9 Å². The Labute approximate surface area is 120 Å². The first-order chi connectivity index (χ1) is 9.46. The van der Waals surface area contributed by atoms with Crippen LogP contribution in [0.1, 0.15) is 27.7 Å². The van der Waals surface area contributed by atoms with Crippen LogP contribution in [0.3, 0.4) is 0 Å². The summed E-state index contributed by atoms with van der Waals surface area (Å²) in [4.78, 5) is 12.7. The number of anilines is 2. The van der Waals surface area contributed by atoms with E-state index in [2.05, 4.69) is 39.4 Å². The molecule has 0 saturated heterocycles. The molecule has 0 aliphatic carbocycles. The van der Waals surface area contributed by atoms with Crippen molar-refractivity contribution in [3.63, 3.8) is 0 Å². The van der Waals surface area contributed by atoms with Crippen LogP contribution in [0.5, 0.6) is 6.01 Å². The van der Waals surface area contributed by atoms with Gasteiger partial charge in [-0.05, 0) is 19.8 Å². The molecule has 0 aromatic carbocycles. The monoisotopic (exact) mass is 283 g/mol. The van der Waals surface area contributed by atoms with E-state index in [-0.39, 0.29) is 12.1 Å². The molecular formula is C13H25N5O2. The molecule has 1 aromatic heterocycles. The quantitative estimate of drug-likeness (QED) is 0.752. The molecule has 1 aromatic rings. The fraction of sp³-hybridized carbons (Fsp3) is 0.769. The van der Waals surface area contributed by atoms with Gasteiger partial charge in [0, 0.05) is 14.2 Å². The van der Waals surface area contributed by atoms with Crippen molar-refractivity contribution < 1.29 is 9.47 Å². The first-order valence-electron chi connectivity index (χ1n) is 6.82. The number of rotatable bonds is 8. The maximum absolute atomic E-state index is 5.53. The molecule has 1 unspecified atom stereocenters. The number of ether oxygens (including phenoxy) is 2. The average Bonchev–Trinajstić information content (AvgIpc) is 2.37. The van der Waals surface area contributed by atoms with Crippen LogP contribution in [0.2, 0.25) is 0 Å². The van der Waals surface area contributed by atoms with Gasteiger partial charge in [0.25, 0.3) is 0 Å². The van der Waals surface area contributed by atoms with Gasteiger partial charge in [0.05, 0.1) is 18.8 Å². The second-order valence-corrected chi connectivity index (χ2v) is 5.13. The summed E-state index contributed by atoms with van der Waals surface area (Å²) in [6.07, 6.45) is 0.00910. The molecule has 0 saturated carbocycles. The second kappa shape index (κ2) is 7.84. The molecule has 20 heavy (non-hydrogen) atoms. The van der Waals surface area contributed by atoms with Crippen LogP contribution in [0.15, 0.2) is 0 Å². The summed E-state index contributed by atoms with van der Waals surface area (Å²) in [7, 11) is 3.43. The van der Waals surface area contributed by atoms with Crippen LogP contribution >= 0.6 is 0 Å². The molecule has 0 bridgehead atoms. The number of hydrogen-bond donors (Lipinski definition) is 2. The summed E-state index contributed by atoms with van der Waals surface area (Å²) in [5, 5.41) is 6.16. The van der Waals surface area contributed by atoms with Gasteiger partial charge >= 0.3 is 6.01 Å². The van der Waals surface area contributed by atoms with E-state index in [9.17, 15) is 0 Å². The highest BCUT2D eigenvalue weighted by Gasteiger charge is 2.16. The minimum atomic E-state index is 0.00910. The Hall–Kier alpha value is -1.63. The van der Waals surface area contributed by atoms with E-state index in [4.69, 9.17) is 9.47 Å². The molecule has 7 nitrogen and oxygen atoms in total. The lowest BCUT2D eigenvalue weighted by molar-refractivity contribution is 0.170. The topological polar surface area (TPSA) is 81.2 Å². The third-order valence-corrected chi connectivity index (χ3v) is 2.65. The first-order valence-corrected chi connectivity index (χ1v) is 6.82. The highest BCUT2D eigenvalue weighted by atomic mass is 16.5. The largest absolute Gasteiger partial charge is 0.461 e. The fourth-order valence-corrected chi connectivity index (χ4v) is 1.54. The van der Waals surface area contributed by atoms with Crippen LogP contribution in [0.25, 0.3) is 0 Å². The van der Waals surface area contributed by atoms with Crippen molar-refractivity contribution >= 4 is 11.9 Å². The molecule has 7 heteroatoms. The second-order valence-electron chi connectivity index (χ2n) is 5.13. The minimum Gasteiger partial charge on any atom is -0.461 e. The predicted octanol–water partition coefficient (Wildman–Crippen LogP) is 1.78. The Balaban J connectivity index is 2.91. The lowest BCUT2D eigenvalue weighted by atomic mass is 10.1. The Morgan fingerprint density at radius 1 is 1.05 bits per heavy atom. The zero-order valence-electron chi connectivity index (χ0n) is 13.1. The van der Waals surface area contributed by atoms with Gasteiger partial charge in [0.2, 0.25) is 11.9 Å². The van der Waals surface area contributed by atoms with Crippen molar-refractivity contribution in [1.29, 1.82) is 0 Å². The summed E-state index contributed by atoms with van der Waals surface area (Å²) in [5.74, 6) is 1.34. The van der Waals surface area contributed by atoms with E-state index in [1.54, 1.807) is 14.2 Å². The molecular weight excluding hydrogens is 258 g/mol. The van der Waals surface area contributed by atoms with E-state index in [0.29, 0.717) is 30.4 Å². The van der Waals surface area contributed by atoms with Crippen LogP contribution in [0, 0.1) is 5.92 Å². The Morgan fingerprint density at radius 2 is 1.70 bits per heavy atom. The van der Waals surface area contributed by atoms with Gasteiger partial charge in [0.1, 0.15) is 0 Å². The molecule has 0 amide bonds. The molecule has 0 radical (unpaired) electrons. The molecule has 0 spiro atoms. The molecule has 0 aliphatic rings. The van der Waals surface area contributed by atoms with Gasteiger partial charge in [-0.25, -0.2) is 0 Å². The summed E-state index contributed by atoms with van der Waals surface area (Å²) in [6, 6.07) is 0.431. The predicted molar refractivity (Wildman–Crippen MR) is 79.3 cm³/mol. The Kier molecular flexibility index (Phi) is 6.44. The fourth-order valence-electron chi connectivity index (χ4n) is 1.54. The Morgan fingerprint density at radius 3 is 2.20 bits per heavy atom. The summed E-state index contributed by atoms with van der Waals surface area (Å²) >= 11 is 0. The average molecular weight is 283 g/mol. The molecule has 2 N–H and O–H groups in total. The van der Waals surface area contributed by atoms with E-state index in [1.165, 1.54) is 0 Å². The SMILES string of the molecule is CNc1nc(NC(COC)C(C)C)nc(OC(C)C)n1. The van der Waals surface area contributed by atoms with Gasteiger partial charge in [-0.1, -0.05) is 13.8 Å². The van der Waals surface area contributed by atoms with Gasteiger partial charge in [-0.15, -0.1) is 0 Å². The molecule has 1 rings (SSSR count). The highest BCUT2D eigenvalue weighted by Crippen LogP contribution is 2.15. The van der Waals surface area contributed by atoms with E-state index >= 15 is 0 Å². The summed E-state index contributed by atoms with van der Waals surface area (Å²) in [5.41, 5.74) is 0. The minimum absolute atomic E-state index is 0.00910. The molecule has 114 valence electrons. The summed E-state index contributed by atoms with van der Waals surface area (Å²) < 4.78 is 10.7. The van der Waals surface area contributed by atoms with Crippen LogP contribution in [-0.2, 0) is 4.74 Å². The maximum atomic E-state index is 5.53. The van der Waals surface area contributed by atoms with E-state index in [1.807, 2.05) is 13.8 Å². The zero-order chi connectivity index (χ0) is 15.1. The third-order valence-electron chi connectivity index (χ3n) is 2.65. The van der Waals surface area contributed by atoms with E-state index < -0.39 is 0 Å². The smallest absolute Gasteiger partial charge is 0.323 e. The van der Waals surface area contributed by atoms with Crippen LogP contribution < -0.4 is 15.4 Å². The molecule has 0 aliphatic heterocycles. The number of nitrogens with one attached hydrogen (secondary N) is 2. The number of nitrogens with zero attached hydrogens (tertiary/aromatic N) is 3. The highest BCUT2D eigenvalue weighted by molar-refractivity contribution is 5.36. The van der Waals surface area contributed by atoms with Crippen molar-refractivity contribution in [1.82, 2.24) is 15.0 Å². The third kappa shape index (κ3) is 5.16. The standard InChI is InChI=1S/C13H25N5O2/c1-8(2)10(7-19-6)15-12-16-11(14-5)17-13(18-12)20-9(3)4/h8-10H,7H2,1-6H3,(H2,14,15,16,17,18). The molecule has 1 heterocycles. The van der Waals surface area contributed by atoms with E-state index in [0.717, 1.165) is 0 Å². The van der Waals surface area contributed by atoms with Crippen molar-refractivity contribution in [2.45, 2.75) is 39.8 Å². The lowest BCUT2D eigenvalue weighted by Crippen LogP contribution is -2.31. The number of methoxy groups -OCH3 is 1. The maximum Gasteiger partial charge on any atom is 0.323 e.